The van der Waals surface area contributed by atoms with Gasteiger partial charge in [0, 0.05) is 24.0 Å². The third kappa shape index (κ3) is 1.76. The second kappa shape index (κ2) is 4.56. The molecule has 0 spiro atoms. The van der Waals surface area contributed by atoms with Gasteiger partial charge in [-0.15, -0.1) is 8.19 Å². The first kappa shape index (κ1) is 11.6. The van der Waals surface area contributed by atoms with Gasteiger partial charge in [0.25, 0.3) is 0 Å². The van der Waals surface area contributed by atoms with Crippen LogP contribution in [0.5, 0.6) is 5.75 Å². The molecule has 0 aliphatic carbocycles. The Morgan fingerprint density at radius 1 is 0.938 bits per heavy atom. The van der Waals surface area contributed by atoms with E-state index in [0.29, 0.717) is 0 Å². The summed E-state index contributed by atoms with van der Waals surface area (Å²) < 4.78 is 5.24. The van der Waals surface area contributed by atoms with Crippen LogP contribution in [0.25, 0.3) is 21.0 Å². The van der Waals surface area contributed by atoms with E-state index in [4.69, 9.17) is 4.74 Å². The molecule has 0 aliphatic rings. The van der Waals surface area contributed by atoms with Crippen molar-refractivity contribution in [3.05, 3.63) is 42.5 Å². The summed E-state index contributed by atoms with van der Waals surface area (Å²) in [6, 6.07) is 14.9. The molecule has 1 radical (unpaired) electrons. The van der Waals surface area contributed by atoms with Crippen LogP contribution in [-0.2, 0) is 0 Å². The fraction of sp³-hybridized carbons (Fsp3) is 0.0769. The summed E-state index contributed by atoms with van der Waals surface area (Å²) in [4.78, 5) is 0. The van der Waals surface area contributed by atoms with Gasteiger partial charge in [-0.2, -0.15) is 0 Å². The van der Waals surface area contributed by atoms with Crippen LogP contribution in [0.1, 0.15) is 0 Å². The Kier molecular flexibility index (Phi) is 3.31. The van der Waals surface area contributed by atoms with Gasteiger partial charge in [-0.1, -0.05) is 24.3 Å². The molecule has 75 valence electrons. The molecule has 1 heterocycles. The molecule has 0 saturated heterocycles. The van der Waals surface area contributed by atoms with E-state index in [9.17, 15) is 0 Å². The minimum atomic E-state index is 0. The molecule has 1 unspecified atom stereocenters. The number of benzene rings is 2. The number of hydrogen-bond donors (Lipinski definition) is 0. The van der Waals surface area contributed by atoms with Crippen molar-refractivity contribution in [3.63, 3.8) is 0 Å². The molecule has 3 rings (SSSR count). The first-order valence-electron chi connectivity index (χ1n) is 4.93. The Labute approximate surface area is 108 Å². The quantitative estimate of drug-likeness (QED) is 0.570. The maximum atomic E-state index is 5.24. The molecule has 1 nitrogen and oxygen atoms in total. The van der Waals surface area contributed by atoms with Crippen LogP contribution in [0, 0.1) is 0 Å². The number of fused-ring (bicyclic) bond motifs is 3. The van der Waals surface area contributed by atoms with Crippen molar-refractivity contribution < 1.29 is 4.74 Å². The Hall–Kier alpha value is -0.863. The zero-order valence-electron chi connectivity index (χ0n) is 9.45. The average molecular weight is 221 g/mol. The van der Waals surface area contributed by atoms with E-state index < -0.39 is 0 Å². The molecule has 1 atom stereocenters. The molecule has 0 saturated carbocycles. The van der Waals surface area contributed by atoms with Crippen LogP contribution < -0.4 is 4.74 Å². The predicted molar refractivity (Wildman–Crippen MR) is 73.3 cm³/mol. The van der Waals surface area contributed by atoms with Gasteiger partial charge in [0.15, 0.2) is 0 Å². The normalized spacial score (nSPS) is 10.8. The van der Waals surface area contributed by atoms with Crippen molar-refractivity contribution in [1.82, 2.24) is 0 Å². The molecule has 0 amide bonds. The van der Waals surface area contributed by atoms with Crippen molar-refractivity contribution in [2.45, 2.75) is 0 Å². The molecular formula is C13H11LiOP. The van der Waals surface area contributed by atoms with Gasteiger partial charge < -0.3 is 4.74 Å². The van der Waals surface area contributed by atoms with Crippen LogP contribution in [0.15, 0.2) is 42.5 Å². The summed E-state index contributed by atoms with van der Waals surface area (Å²) in [6.07, 6.45) is 0. The second-order valence-electron chi connectivity index (χ2n) is 3.58. The third-order valence-electron chi connectivity index (χ3n) is 2.71. The summed E-state index contributed by atoms with van der Waals surface area (Å²) in [7, 11) is 2.49. The predicted octanol–water partition coefficient (Wildman–Crippen LogP) is 3.65. The molecule has 3 aromatic rings. The first-order valence-corrected chi connectivity index (χ1v) is 5.93. The Bertz CT molecular complexity index is 630. The van der Waals surface area contributed by atoms with Gasteiger partial charge in [-0.25, -0.2) is 0 Å². The molecule has 1 aromatic heterocycles. The molecule has 0 N–H and O–H groups in total. The number of ether oxygens (including phenoxy) is 1. The second-order valence-corrected chi connectivity index (χ2v) is 4.91. The van der Waals surface area contributed by atoms with Gasteiger partial charge in [-0.05, 0) is 34.1 Å². The van der Waals surface area contributed by atoms with Crippen molar-refractivity contribution >= 4 is 48.1 Å². The van der Waals surface area contributed by atoms with E-state index in [0.717, 1.165) is 13.9 Å². The van der Waals surface area contributed by atoms with Crippen molar-refractivity contribution in [1.29, 1.82) is 0 Å². The molecule has 16 heavy (non-hydrogen) atoms. The minimum Gasteiger partial charge on any atom is -0.497 e. The van der Waals surface area contributed by atoms with Crippen LogP contribution in [0.2, 0.25) is 0 Å². The Balaban J connectivity index is 0.000000963. The minimum absolute atomic E-state index is 0. The fourth-order valence-corrected chi connectivity index (χ4v) is 3.35. The molecule has 0 aliphatic heterocycles. The van der Waals surface area contributed by atoms with Crippen molar-refractivity contribution in [2.24, 2.45) is 0 Å². The monoisotopic (exact) mass is 221 g/mol. The zero-order chi connectivity index (χ0) is 10.3. The Morgan fingerprint density at radius 2 is 1.69 bits per heavy atom. The van der Waals surface area contributed by atoms with E-state index >= 15 is 0 Å². The van der Waals surface area contributed by atoms with Gasteiger partial charge in [0.1, 0.15) is 5.75 Å². The number of methoxy groups -OCH3 is 1. The zero-order valence-corrected chi connectivity index (χ0v) is 10.4. The number of hydrogen-bond acceptors (Lipinski definition) is 1. The topological polar surface area (TPSA) is 9.23 Å². The van der Waals surface area contributed by atoms with Crippen LogP contribution >= 0.6 is 8.19 Å². The van der Waals surface area contributed by atoms with Gasteiger partial charge in [-0.3, -0.25) is 0 Å². The SMILES string of the molecule is COc1ccc2c(c1)[pH]c1ccccc12.[Li]. The van der Waals surface area contributed by atoms with Crippen LogP contribution in [-0.4, -0.2) is 26.0 Å². The van der Waals surface area contributed by atoms with Crippen molar-refractivity contribution in [2.75, 3.05) is 7.11 Å². The summed E-state index contributed by atoms with van der Waals surface area (Å²) >= 11 is 0. The molecule has 0 bridgehead atoms. The molecule has 3 heteroatoms. The van der Waals surface area contributed by atoms with Gasteiger partial charge >= 0.3 is 0 Å². The maximum absolute atomic E-state index is 5.24. The third-order valence-corrected chi connectivity index (χ3v) is 4.10. The summed E-state index contributed by atoms with van der Waals surface area (Å²) in [5, 5.41) is 5.59. The average Bonchev–Trinajstić information content (AvgIpc) is 2.66. The fourth-order valence-electron chi connectivity index (χ4n) is 1.96. The molecular weight excluding hydrogens is 210 g/mol. The van der Waals surface area contributed by atoms with E-state index in [1.165, 1.54) is 21.0 Å². The summed E-state index contributed by atoms with van der Waals surface area (Å²) in [5.41, 5.74) is 0. The van der Waals surface area contributed by atoms with Crippen LogP contribution in [0.4, 0.5) is 0 Å². The Morgan fingerprint density at radius 3 is 2.50 bits per heavy atom. The number of rotatable bonds is 1. The van der Waals surface area contributed by atoms with E-state index in [-0.39, 0.29) is 18.9 Å². The standard InChI is InChI=1S/C13H11OP.Li/c1-14-9-6-7-11-10-4-2-3-5-12(10)15-13(11)8-9;/h2-8,15H,1H3;. The summed E-state index contributed by atoms with van der Waals surface area (Å²) in [5.74, 6) is 0.953. The van der Waals surface area contributed by atoms with Crippen molar-refractivity contribution in [3.8, 4) is 5.75 Å². The first-order chi connectivity index (χ1) is 7.38. The summed E-state index contributed by atoms with van der Waals surface area (Å²) in [6.45, 7) is 0. The maximum Gasteiger partial charge on any atom is 0.119 e. The van der Waals surface area contributed by atoms with E-state index in [1.807, 2.05) is 6.07 Å². The molecule has 2 aromatic carbocycles. The van der Waals surface area contributed by atoms with E-state index in [1.54, 1.807) is 7.11 Å². The van der Waals surface area contributed by atoms with Gasteiger partial charge in [0.2, 0.25) is 0 Å². The van der Waals surface area contributed by atoms with Crippen LogP contribution in [0.3, 0.4) is 0 Å². The van der Waals surface area contributed by atoms with Gasteiger partial charge in [0.05, 0.1) is 7.11 Å². The van der Waals surface area contributed by atoms with E-state index in [2.05, 4.69) is 36.4 Å². The largest absolute Gasteiger partial charge is 0.497 e. The molecule has 0 fully saturated rings. The smallest absolute Gasteiger partial charge is 0.119 e.